The van der Waals surface area contributed by atoms with Crippen molar-refractivity contribution in [2.24, 2.45) is 0 Å². The maximum Gasteiger partial charge on any atom is 0.254 e. The first-order valence-electron chi connectivity index (χ1n) is 25.0. The lowest BCUT2D eigenvalue weighted by molar-refractivity contribution is 0.0720. The van der Waals surface area contributed by atoms with Crippen molar-refractivity contribution in [1.82, 2.24) is 20.0 Å². The molecule has 0 aliphatic heterocycles. The Kier molecular flexibility index (Phi) is 26.3. The zero-order chi connectivity index (χ0) is 46.5. The van der Waals surface area contributed by atoms with Gasteiger partial charge in [0.25, 0.3) is 5.91 Å². The SMILES string of the molecule is CCCCCc1ccc(C(=O)N(CCN(CCCC)CCCC)Cc2ccc(-c3ccccc3Cl)cc2)cc1.CCCCN(CCCC)CCNCc1ccc(-c2ccccc2Cl)cc1. The van der Waals surface area contributed by atoms with Gasteiger partial charge in [0.2, 0.25) is 0 Å². The quantitative estimate of drug-likeness (QED) is 0.0485. The molecule has 0 aliphatic carbocycles. The van der Waals surface area contributed by atoms with Crippen LogP contribution >= 0.6 is 23.2 Å². The van der Waals surface area contributed by atoms with Crippen LogP contribution in [0.25, 0.3) is 22.3 Å². The van der Waals surface area contributed by atoms with Crippen LogP contribution in [-0.4, -0.2) is 73.0 Å². The molecule has 5 rings (SSSR count). The lowest BCUT2D eigenvalue weighted by atomic mass is 10.0. The predicted octanol–water partition coefficient (Wildman–Crippen LogP) is 15.3. The molecule has 5 nitrogen and oxygen atoms in total. The summed E-state index contributed by atoms with van der Waals surface area (Å²) in [6.45, 7) is 21.2. The smallest absolute Gasteiger partial charge is 0.254 e. The molecule has 0 bridgehead atoms. The first-order valence-corrected chi connectivity index (χ1v) is 25.8. The minimum absolute atomic E-state index is 0.108. The molecule has 352 valence electrons. The topological polar surface area (TPSA) is 38.8 Å². The van der Waals surface area contributed by atoms with E-state index in [0.29, 0.717) is 6.54 Å². The van der Waals surface area contributed by atoms with Crippen molar-refractivity contribution in [1.29, 1.82) is 0 Å². The Hall–Kier alpha value is -3.97. The van der Waals surface area contributed by atoms with Gasteiger partial charge < -0.3 is 20.0 Å². The first-order chi connectivity index (χ1) is 31.8. The van der Waals surface area contributed by atoms with E-state index in [-0.39, 0.29) is 5.91 Å². The van der Waals surface area contributed by atoms with Crippen LogP contribution in [0.5, 0.6) is 0 Å². The van der Waals surface area contributed by atoms with Crippen LogP contribution in [0, 0.1) is 0 Å². The number of hydrogen-bond acceptors (Lipinski definition) is 4. The number of halogens is 2. The number of amides is 1. The fourth-order valence-electron chi connectivity index (χ4n) is 7.96. The number of carbonyl (C=O) groups excluding carboxylic acids is 1. The van der Waals surface area contributed by atoms with Gasteiger partial charge >= 0.3 is 0 Å². The second-order valence-electron chi connectivity index (χ2n) is 17.5. The Morgan fingerprint density at radius 2 is 0.908 bits per heavy atom. The van der Waals surface area contributed by atoms with Crippen LogP contribution < -0.4 is 5.32 Å². The van der Waals surface area contributed by atoms with E-state index in [4.69, 9.17) is 23.2 Å². The van der Waals surface area contributed by atoms with Crippen LogP contribution in [0.1, 0.15) is 132 Å². The number of nitrogens with one attached hydrogen (secondary N) is 1. The minimum atomic E-state index is 0.108. The molecule has 0 heterocycles. The third-order valence-electron chi connectivity index (χ3n) is 12.1. The molecule has 5 aromatic carbocycles. The van der Waals surface area contributed by atoms with Gasteiger partial charge in [-0.05, 0) is 117 Å². The first kappa shape index (κ1) is 53.6. The van der Waals surface area contributed by atoms with Crippen LogP contribution in [0.15, 0.2) is 121 Å². The van der Waals surface area contributed by atoms with E-state index >= 15 is 0 Å². The molecule has 0 aromatic heterocycles. The number of hydrogen-bond donors (Lipinski definition) is 1. The largest absolute Gasteiger partial charge is 0.333 e. The van der Waals surface area contributed by atoms with Gasteiger partial charge in [-0.15, -0.1) is 0 Å². The average molecular weight is 920 g/mol. The fourth-order valence-corrected chi connectivity index (χ4v) is 8.45. The third kappa shape index (κ3) is 19.8. The normalized spacial score (nSPS) is 11.2. The molecule has 7 heteroatoms. The summed E-state index contributed by atoms with van der Waals surface area (Å²) in [7, 11) is 0. The molecule has 5 aromatic rings. The standard InChI is InChI=1S/C35H47ClN2O.C23H33ClN2/c1-4-7-10-13-29-16-22-32(23-17-29)35(39)38(27-26-37(24-8-5-2)25-9-6-3)28-30-18-20-31(21-19-30)33-14-11-12-15-34(33)36;1-3-5-16-26(17-6-4-2)18-15-25-19-20-11-13-21(14-12-20)22-9-7-8-10-23(22)24/h11-12,14-23H,4-10,13,24-28H2,1-3H3;7-14,25H,3-6,15-19H2,1-2H3. The van der Waals surface area contributed by atoms with Crippen molar-refractivity contribution in [3.63, 3.8) is 0 Å². The summed E-state index contributed by atoms with van der Waals surface area (Å²) in [4.78, 5) is 20.9. The minimum Gasteiger partial charge on any atom is -0.333 e. The Bertz CT molecular complexity index is 2000. The summed E-state index contributed by atoms with van der Waals surface area (Å²) in [5.41, 5.74) is 8.91. The highest BCUT2D eigenvalue weighted by atomic mass is 35.5. The predicted molar refractivity (Wildman–Crippen MR) is 282 cm³/mol. The van der Waals surface area contributed by atoms with E-state index in [1.807, 2.05) is 59.5 Å². The molecule has 1 N–H and O–H groups in total. The van der Waals surface area contributed by atoms with E-state index in [2.05, 4.69) is 116 Å². The monoisotopic (exact) mass is 919 g/mol. The van der Waals surface area contributed by atoms with Crippen LogP contribution in [0.3, 0.4) is 0 Å². The van der Waals surface area contributed by atoms with Crippen LogP contribution in [0.2, 0.25) is 10.0 Å². The van der Waals surface area contributed by atoms with Crippen molar-refractivity contribution < 1.29 is 4.79 Å². The molecule has 0 unspecified atom stereocenters. The highest BCUT2D eigenvalue weighted by Gasteiger charge is 2.18. The molecule has 1 amide bonds. The molecule has 0 spiro atoms. The van der Waals surface area contributed by atoms with Crippen molar-refractivity contribution in [2.45, 2.75) is 125 Å². The van der Waals surface area contributed by atoms with E-state index in [1.54, 1.807) is 0 Å². The van der Waals surface area contributed by atoms with Gasteiger partial charge in [-0.25, -0.2) is 0 Å². The fraction of sp³-hybridized carbons (Fsp3) is 0.466. The maximum atomic E-state index is 13.8. The van der Waals surface area contributed by atoms with Crippen molar-refractivity contribution >= 4 is 29.1 Å². The van der Waals surface area contributed by atoms with Crippen LogP contribution in [0.4, 0.5) is 0 Å². The van der Waals surface area contributed by atoms with E-state index < -0.39 is 0 Å². The van der Waals surface area contributed by atoms with Crippen LogP contribution in [-0.2, 0) is 19.5 Å². The summed E-state index contributed by atoms with van der Waals surface area (Å²) in [6.07, 6.45) is 14.7. The lowest BCUT2D eigenvalue weighted by Crippen LogP contribution is -2.39. The zero-order valence-corrected chi connectivity index (χ0v) is 42.1. The highest BCUT2D eigenvalue weighted by Crippen LogP contribution is 2.29. The van der Waals surface area contributed by atoms with Gasteiger partial charge in [0.05, 0.1) is 0 Å². The van der Waals surface area contributed by atoms with Gasteiger partial charge in [0.15, 0.2) is 0 Å². The van der Waals surface area contributed by atoms with E-state index in [9.17, 15) is 4.79 Å². The Labute approximate surface area is 404 Å². The van der Waals surface area contributed by atoms with Gasteiger partial charge in [-0.1, -0.05) is 193 Å². The molecule has 0 radical (unpaired) electrons. The van der Waals surface area contributed by atoms with Gasteiger partial charge in [-0.3, -0.25) is 4.79 Å². The van der Waals surface area contributed by atoms with Gasteiger partial charge in [-0.2, -0.15) is 0 Å². The molecule has 0 aliphatic rings. The van der Waals surface area contributed by atoms with E-state index in [1.165, 1.54) is 100 Å². The van der Waals surface area contributed by atoms with Gasteiger partial charge in [0.1, 0.15) is 0 Å². The zero-order valence-electron chi connectivity index (χ0n) is 40.6. The second-order valence-corrected chi connectivity index (χ2v) is 18.3. The van der Waals surface area contributed by atoms with E-state index in [0.717, 1.165) is 90.1 Å². The summed E-state index contributed by atoms with van der Waals surface area (Å²) in [5, 5.41) is 5.14. The highest BCUT2D eigenvalue weighted by molar-refractivity contribution is 6.33. The number of rotatable bonds is 29. The molecule has 0 fully saturated rings. The van der Waals surface area contributed by atoms with Gasteiger partial charge in [0, 0.05) is 66.0 Å². The number of unbranched alkanes of at least 4 members (excludes halogenated alkanes) is 6. The molecular formula is C58H80Cl2N4O. The summed E-state index contributed by atoms with van der Waals surface area (Å²) in [5.74, 6) is 0.108. The molecule has 0 saturated heterocycles. The number of nitrogens with zero attached hydrogens (tertiary/aromatic N) is 3. The Balaban J connectivity index is 0.000000309. The molecular weight excluding hydrogens is 840 g/mol. The van der Waals surface area contributed by atoms with Crippen molar-refractivity contribution in [3.05, 3.63) is 154 Å². The number of aryl methyl sites for hydroxylation is 1. The molecule has 65 heavy (non-hydrogen) atoms. The Morgan fingerprint density at radius 3 is 1.38 bits per heavy atom. The molecule has 0 saturated carbocycles. The Morgan fingerprint density at radius 1 is 0.462 bits per heavy atom. The summed E-state index contributed by atoms with van der Waals surface area (Å²) < 4.78 is 0. The number of carbonyl (C=O) groups is 1. The third-order valence-corrected chi connectivity index (χ3v) is 12.8. The molecule has 0 atom stereocenters. The summed E-state index contributed by atoms with van der Waals surface area (Å²) in [6, 6.07) is 41.4. The lowest BCUT2D eigenvalue weighted by Gasteiger charge is -2.28. The average Bonchev–Trinajstić information content (AvgIpc) is 3.34. The van der Waals surface area contributed by atoms with Crippen molar-refractivity contribution in [3.8, 4) is 22.3 Å². The summed E-state index contributed by atoms with van der Waals surface area (Å²) >= 11 is 12.7. The maximum absolute atomic E-state index is 13.8. The second kappa shape index (κ2) is 31.9. The van der Waals surface area contributed by atoms with Crippen molar-refractivity contribution in [2.75, 3.05) is 52.4 Å². The number of benzene rings is 5.